The van der Waals surface area contributed by atoms with Gasteiger partial charge in [0.1, 0.15) is 0 Å². The highest BCUT2D eigenvalue weighted by molar-refractivity contribution is 7.89. The van der Waals surface area contributed by atoms with Gasteiger partial charge in [-0.25, -0.2) is 8.42 Å². The van der Waals surface area contributed by atoms with E-state index in [2.05, 4.69) is 11.9 Å². The molecule has 0 aliphatic heterocycles. The van der Waals surface area contributed by atoms with Crippen molar-refractivity contribution in [3.63, 3.8) is 0 Å². The molecule has 1 amide bonds. The zero-order chi connectivity index (χ0) is 18.5. The molecule has 1 aromatic carbocycles. The van der Waals surface area contributed by atoms with E-state index in [1.807, 2.05) is 0 Å². The monoisotopic (exact) mass is 364 g/mol. The van der Waals surface area contributed by atoms with Crippen LogP contribution >= 0.6 is 0 Å². The van der Waals surface area contributed by atoms with Gasteiger partial charge in [-0.3, -0.25) is 4.79 Å². The summed E-state index contributed by atoms with van der Waals surface area (Å²) in [7, 11) is -4.28. The number of hydrogen-bond donors (Lipinski definition) is 1. The Morgan fingerprint density at radius 3 is 2.50 bits per heavy atom. The van der Waals surface area contributed by atoms with Crippen molar-refractivity contribution in [3.05, 3.63) is 42.5 Å². The van der Waals surface area contributed by atoms with Crippen LogP contribution in [0.5, 0.6) is 0 Å². The average Bonchev–Trinajstić information content (AvgIpc) is 2.45. The highest BCUT2D eigenvalue weighted by Crippen LogP contribution is 2.31. The first-order valence-corrected chi connectivity index (χ1v) is 8.50. The van der Waals surface area contributed by atoms with E-state index in [0.717, 1.165) is 22.5 Å². The van der Waals surface area contributed by atoms with Crippen molar-refractivity contribution in [2.75, 3.05) is 13.1 Å². The minimum Gasteiger partial charge on any atom is -0.353 e. The minimum absolute atomic E-state index is 0.195. The summed E-state index contributed by atoms with van der Waals surface area (Å²) in [5.41, 5.74) is -1.08. The highest BCUT2D eigenvalue weighted by atomic mass is 32.2. The maximum Gasteiger partial charge on any atom is 0.416 e. The number of sulfonamides is 1. The molecule has 0 radical (unpaired) electrons. The Balaban J connectivity index is 3.17. The van der Waals surface area contributed by atoms with Crippen LogP contribution in [-0.2, 0) is 21.0 Å². The lowest BCUT2D eigenvalue weighted by molar-refractivity contribution is -0.137. The van der Waals surface area contributed by atoms with E-state index in [1.165, 1.54) is 6.08 Å². The number of alkyl halides is 3. The molecule has 24 heavy (non-hydrogen) atoms. The summed E-state index contributed by atoms with van der Waals surface area (Å²) < 4.78 is 64.2. The quantitative estimate of drug-likeness (QED) is 0.756. The molecule has 0 heterocycles. The van der Waals surface area contributed by atoms with Gasteiger partial charge >= 0.3 is 6.18 Å². The number of benzene rings is 1. The summed E-state index contributed by atoms with van der Waals surface area (Å²) >= 11 is 0. The molecule has 0 aliphatic carbocycles. The van der Waals surface area contributed by atoms with Crippen LogP contribution in [0, 0.1) is 0 Å². The number of carbonyl (C=O) groups excluding carboxylic acids is 1. The molecule has 0 aromatic heterocycles. The van der Waals surface area contributed by atoms with Gasteiger partial charge in [0.25, 0.3) is 0 Å². The fourth-order valence-electron chi connectivity index (χ4n) is 1.90. The van der Waals surface area contributed by atoms with E-state index in [0.29, 0.717) is 6.07 Å². The van der Waals surface area contributed by atoms with Crippen LogP contribution in [0.2, 0.25) is 0 Å². The average molecular weight is 364 g/mol. The van der Waals surface area contributed by atoms with Crippen LogP contribution in [0.4, 0.5) is 13.2 Å². The first-order chi connectivity index (χ1) is 11.0. The molecular formula is C15H19F3N2O3S. The standard InChI is InChI=1S/C15H19F3N2O3S/c1-4-8-20(10-14(21)19-11(2)3)24(22,23)13-7-5-6-12(9-13)15(16,17)18/h4-7,9,11H,1,8,10H2,2-3H3,(H,19,21). The molecule has 1 rings (SSSR count). The molecule has 0 saturated heterocycles. The van der Waals surface area contributed by atoms with Gasteiger partial charge < -0.3 is 5.32 Å². The largest absolute Gasteiger partial charge is 0.416 e. The maximum atomic E-state index is 12.8. The van der Waals surface area contributed by atoms with Gasteiger partial charge in [0, 0.05) is 12.6 Å². The molecule has 1 aromatic rings. The fraction of sp³-hybridized carbons (Fsp3) is 0.400. The Morgan fingerprint density at radius 1 is 1.38 bits per heavy atom. The lowest BCUT2D eigenvalue weighted by Gasteiger charge is -2.21. The van der Waals surface area contributed by atoms with Crippen LogP contribution in [0.25, 0.3) is 0 Å². The third-order valence-electron chi connectivity index (χ3n) is 2.90. The van der Waals surface area contributed by atoms with Crippen molar-refractivity contribution in [2.24, 2.45) is 0 Å². The predicted molar refractivity (Wildman–Crippen MR) is 83.7 cm³/mol. The van der Waals surface area contributed by atoms with Crippen molar-refractivity contribution < 1.29 is 26.4 Å². The Kier molecular flexibility index (Phi) is 6.56. The summed E-state index contributed by atoms with van der Waals surface area (Å²) in [4.78, 5) is 11.3. The topological polar surface area (TPSA) is 66.5 Å². The lowest BCUT2D eigenvalue weighted by Crippen LogP contribution is -2.42. The number of halogens is 3. The van der Waals surface area contributed by atoms with Gasteiger partial charge in [-0.05, 0) is 32.0 Å². The summed E-state index contributed by atoms with van der Waals surface area (Å²) in [5.74, 6) is -0.553. The van der Waals surface area contributed by atoms with Crippen molar-refractivity contribution >= 4 is 15.9 Å². The van der Waals surface area contributed by atoms with Gasteiger partial charge in [0.05, 0.1) is 17.0 Å². The molecule has 0 saturated carbocycles. The third kappa shape index (κ3) is 5.34. The second-order valence-electron chi connectivity index (χ2n) is 5.33. The number of rotatable bonds is 7. The maximum absolute atomic E-state index is 12.8. The molecular weight excluding hydrogens is 345 g/mol. The molecule has 0 atom stereocenters. The van der Waals surface area contributed by atoms with Gasteiger partial charge in [-0.15, -0.1) is 6.58 Å². The van der Waals surface area contributed by atoms with E-state index >= 15 is 0 Å². The van der Waals surface area contributed by atoms with E-state index in [1.54, 1.807) is 13.8 Å². The summed E-state index contributed by atoms with van der Waals surface area (Å²) in [6.45, 7) is 6.11. The smallest absolute Gasteiger partial charge is 0.353 e. The molecule has 0 fully saturated rings. The molecule has 134 valence electrons. The minimum atomic E-state index is -4.66. The number of amides is 1. The fourth-order valence-corrected chi connectivity index (χ4v) is 3.31. The first kappa shape index (κ1) is 20.2. The second kappa shape index (κ2) is 7.80. The first-order valence-electron chi connectivity index (χ1n) is 7.06. The Hall–Kier alpha value is -1.87. The van der Waals surface area contributed by atoms with Gasteiger partial charge in [0.2, 0.25) is 15.9 Å². The molecule has 0 unspecified atom stereocenters. The van der Waals surface area contributed by atoms with Crippen LogP contribution in [0.3, 0.4) is 0 Å². The van der Waals surface area contributed by atoms with E-state index in [4.69, 9.17) is 0 Å². The number of nitrogens with zero attached hydrogens (tertiary/aromatic N) is 1. The van der Waals surface area contributed by atoms with E-state index in [9.17, 15) is 26.4 Å². The van der Waals surface area contributed by atoms with Gasteiger partial charge in [-0.2, -0.15) is 17.5 Å². The lowest BCUT2D eigenvalue weighted by atomic mass is 10.2. The molecule has 0 bridgehead atoms. The summed E-state index contributed by atoms with van der Waals surface area (Å²) in [6.07, 6.45) is -3.41. The molecule has 9 heteroatoms. The third-order valence-corrected chi connectivity index (χ3v) is 4.71. The van der Waals surface area contributed by atoms with Crippen LogP contribution in [0.1, 0.15) is 19.4 Å². The van der Waals surface area contributed by atoms with Crippen molar-refractivity contribution in [2.45, 2.75) is 31.0 Å². The summed E-state index contributed by atoms with van der Waals surface area (Å²) in [5, 5.41) is 2.53. The van der Waals surface area contributed by atoms with E-state index < -0.39 is 39.1 Å². The Bertz CT molecular complexity index is 700. The van der Waals surface area contributed by atoms with Gasteiger partial charge in [0.15, 0.2) is 0 Å². The van der Waals surface area contributed by atoms with Crippen LogP contribution in [0.15, 0.2) is 41.8 Å². The Labute approximate surface area is 139 Å². The highest BCUT2D eigenvalue weighted by Gasteiger charge is 2.33. The molecule has 5 nitrogen and oxygen atoms in total. The SMILES string of the molecule is C=CCN(CC(=O)NC(C)C)S(=O)(=O)c1cccc(C(F)(F)F)c1. The van der Waals surface area contributed by atoms with Crippen molar-refractivity contribution in [1.29, 1.82) is 0 Å². The van der Waals surface area contributed by atoms with Crippen molar-refractivity contribution in [3.8, 4) is 0 Å². The summed E-state index contributed by atoms with van der Waals surface area (Å²) in [6, 6.07) is 3.20. The van der Waals surface area contributed by atoms with Crippen LogP contribution in [-0.4, -0.2) is 37.8 Å². The molecule has 0 aliphatic rings. The predicted octanol–water partition coefficient (Wildman–Crippen LogP) is 2.41. The zero-order valence-electron chi connectivity index (χ0n) is 13.3. The van der Waals surface area contributed by atoms with E-state index in [-0.39, 0.29) is 12.6 Å². The molecule has 0 spiro atoms. The number of nitrogens with one attached hydrogen (secondary N) is 1. The Morgan fingerprint density at radius 2 is 2.00 bits per heavy atom. The second-order valence-corrected chi connectivity index (χ2v) is 7.27. The molecule has 1 N–H and O–H groups in total. The number of hydrogen-bond acceptors (Lipinski definition) is 3. The number of carbonyl (C=O) groups is 1. The van der Waals surface area contributed by atoms with Gasteiger partial charge in [-0.1, -0.05) is 12.1 Å². The van der Waals surface area contributed by atoms with Crippen LogP contribution < -0.4 is 5.32 Å². The normalized spacial score (nSPS) is 12.5. The van der Waals surface area contributed by atoms with Crippen molar-refractivity contribution in [1.82, 2.24) is 9.62 Å². The zero-order valence-corrected chi connectivity index (χ0v) is 14.1.